The molecule has 0 atom stereocenters. The number of hydrogen-bond acceptors (Lipinski definition) is 2. The lowest BCUT2D eigenvalue weighted by Gasteiger charge is -2.12. The molecule has 2 rings (SSSR count). The highest BCUT2D eigenvalue weighted by Gasteiger charge is 2.20. The second kappa shape index (κ2) is 3.12. The van der Waals surface area contributed by atoms with Crippen LogP contribution in [0.15, 0.2) is 18.2 Å². The van der Waals surface area contributed by atoms with Crippen molar-refractivity contribution in [2.45, 2.75) is 6.42 Å². The van der Waals surface area contributed by atoms with E-state index in [2.05, 4.69) is 32.0 Å². The summed E-state index contributed by atoms with van der Waals surface area (Å²) in [5.74, 6) is 0.986. The van der Waals surface area contributed by atoms with E-state index in [0.717, 1.165) is 18.7 Å². The van der Waals surface area contributed by atoms with Crippen LogP contribution >= 0.6 is 22.9 Å². The molecule has 0 fully saturated rings. The predicted octanol–water partition coefficient (Wildman–Crippen LogP) is 2.41. The lowest BCUT2D eigenvalue weighted by molar-refractivity contribution is 0.416. The fourth-order valence-electron chi connectivity index (χ4n) is 1.54. The lowest BCUT2D eigenvalue weighted by atomic mass is 10.1. The first-order valence-electron chi connectivity index (χ1n) is 3.92. The largest absolute Gasteiger partial charge is 0.495 e. The number of hydrogen-bond donors (Lipinski definition) is 0. The van der Waals surface area contributed by atoms with Crippen molar-refractivity contribution >= 4 is 28.6 Å². The van der Waals surface area contributed by atoms with Gasteiger partial charge in [0.15, 0.2) is 0 Å². The molecule has 0 bridgehead atoms. The van der Waals surface area contributed by atoms with E-state index in [-0.39, 0.29) is 0 Å². The Labute approximate surface area is 86.0 Å². The van der Waals surface area contributed by atoms with Gasteiger partial charge in [-0.1, -0.05) is 12.1 Å². The van der Waals surface area contributed by atoms with Gasteiger partial charge < -0.3 is 7.85 Å². The number of anilines is 1. The van der Waals surface area contributed by atoms with E-state index in [4.69, 9.17) is 4.74 Å². The molecule has 0 radical (unpaired) electrons. The van der Waals surface area contributed by atoms with Crippen molar-refractivity contribution in [1.29, 1.82) is 0 Å². The SMILES string of the molecule is COc1cccc2c1N(I)CC2. The van der Waals surface area contributed by atoms with Gasteiger partial charge in [-0.05, 0) is 18.1 Å². The monoisotopic (exact) mass is 275 g/mol. The van der Waals surface area contributed by atoms with Crippen LogP contribution in [0.5, 0.6) is 5.75 Å². The standard InChI is InChI=1S/C9H10INO/c1-12-8-4-2-3-7-5-6-11(10)9(7)8/h2-4H,5-6H2,1H3. The summed E-state index contributed by atoms with van der Waals surface area (Å²) in [5, 5.41) is 0. The van der Waals surface area contributed by atoms with Crippen LogP contribution in [0.3, 0.4) is 0 Å². The Balaban J connectivity index is 2.53. The number of fused-ring (bicyclic) bond motifs is 1. The van der Waals surface area contributed by atoms with Crippen LogP contribution in [-0.2, 0) is 6.42 Å². The number of ether oxygens (including phenoxy) is 1. The second-order valence-electron chi connectivity index (χ2n) is 2.80. The van der Waals surface area contributed by atoms with Gasteiger partial charge in [-0.2, -0.15) is 0 Å². The third kappa shape index (κ3) is 1.16. The molecule has 2 nitrogen and oxygen atoms in total. The molecular weight excluding hydrogens is 265 g/mol. The van der Waals surface area contributed by atoms with E-state index < -0.39 is 0 Å². The summed E-state index contributed by atoms with van der Waals surface area (Å²) >= 11 is 2.33. The average Bonchev–Trinajstić information content (AvgIpc) is 2.48. The zero-order valence-electron chi connectivity index (χ0n) is 6.88. The highest BCUT2D eigenvalue weighted by molar-refractivity contribution is 14.1. The average molecular weight is 275 g/mol. The van der Waals surface area contributed by atoms with E-state index in [1.165, 1.54) is 11.3 Å². The van der Waals surface area contributed by atoms with Gasteiger partial charge in [0.25, 0.3) is 0 Å². The Hall–Kier alpha value is -0.450. The predicted molar refractivity (Wildman–Crippen MR) is 58.1 cm³/mol. The molecule has 0 aromatic heterocycles. The molecule has 0 N–H and O–H groups in total. The zero-order chi connectivity index (χ0) is 8.55. The van der Waals surface area contributed by atoms with Gasteiger partial charge in [0.1, 0.15) is 5.75 Å². The highest BCUT2D eigenvalue weighted by atomic mass is 127. The molecule has 64 valence electrons. The Bertz CT molecular complexity index is 301. The van der Waals surface area contributed by atoms with Crippen LogP contribution in [0.2, 0.25) is 0 Å². The van der Waals surface area contributed by atoms with Crippen LogP contribution in [0.25, 0.3) is 0 Å². The van der Waals surface area contributed by atoms with Gasteiger partial charge in [-0.3, -0.25) is 0 Å². The lowest BCUT2D eigenvalue weighted by Crippen LogP contribution is -2.04. The third-order valence-corrected chi connectivity index (χ3v) is 3.09. The fourth-order valence-corrected chi connectivity index (χ4v) is 2.33. The molecule has 1 heterocycles. The maximum Gasteiger partial charge on any atom is 0.143 e. The molecule has 3 heteroatoms. The molecular formula is C9H10INO. The number of halogens is 1. The third-order valence-electron chi connectivity index (χ3n) is 2.12. The highest BCUT2D eigenvalue weighted by Crippen LogP contribution is 2.38. The van der Waals surface area contributed by atoms with Gasteiger partial charge >= 0.3 is 0 Å². The first-order chi connectivity index (χ1) is 5.83. The summed E-state index contributed by atoms with van der Waals surface area (Å²) < 4.78 is 7.50. The van der Waals surface area contributed by atoms with E-state index in [0.29, 0.717) is 0 Å². The van der Waals surface area contributed by atoms with Crippen LogP contribution < -0.4 is 7.85 Å². The van der Waals surface area contributed by atoms with Crippen LogP contribution in [0, 0.1) is 0 Å². The molecule has 0 saturated carbocycles. The minimum Gasteiger partial charge on any atom is -0.495 e. The van der Waals surface area contributed by atoms with Crippen molar-refractivity contribution in [3.05, 3.63) is 23.8 Å². The number of methoxy groups -OCH3 is 1. The number of nitrogens with zero attached hydrogens (tertiary/aromatic N) is 1. The quantitative estimate of drug-likeness (QED) is 0.576. The van der Waals surface area contributed by atoms with Crippen LogP contribution in [0.4, 0.5) is 5.69 Å². The molecule has 1 aliphatic heterocycles. The van der Waals surface area contributed by atoms with Crippen molar-refractivity contribution in [2.75, 3.05) is 16.8 Å². The second-order valence-corrected chi connectivity index (χ2v) is 3.97. The Morgan fingerprint density at radius 3 is 3.08 bits per heavy atom. The molecule has 1 aliphatic rings. The Kier molecular flexibility index (Phi) is 2.12. The minimum absolute atomic E-state index is 0.986. The molecule has 0 spiro atoms. The minimum atomic E-state index is 0.986. The topological polar surface area (TPSA) is 12.5 Å². The summed E-state index contributed by atoms with van der Waals surface area (Å²) in [6.45, 7) is 1.09. The Morgan fingerprint density at radius 1 is 1.50 bits per heavy atom. The van der Waals surface area contributed by atoms with Crippen LogP contribution in [-0.4, -0.2) is 13.7 Å². The van der Waals surface area contributed by atoms with E-state index >= 15 is 0 Å². The van der Waals surface area contributed by atoms with Gasteiger partial charge in [0.05, 0.1) is 35.7 Å². The van der Waals surface area contributed by atoms with Crippen molar-refractivity contribution in [3.8, 4) is 5.75 Å². The van der Waals surface area contributed by atoms with Crippen molar-refractivity contribution in [1.82, 2.24) is 0 Å². The maximum absolute atomic E-state index is 5.28. The van der Waals surface area contributed by atoms with Crippen molar-refractivity contribution in [2.24, 2.45) is 0 Å². The first kappa shape index (κ1) is 8.16. The summed E-state index contributed by atoms with van der Waals surface area (Å²) in [4.78, 5) is 0. The number of para-hydroxylation sites is 1. The molecule has 12 heavy (non-hydrogen) atoms. The smallest absolute Gasteiger partial charge is 0.143 e. The number of benzene rings is 1. The van der Waals surface area contributed by atoms with Gasteiger partial charge in [-0.25, -0.2) is 0 Å². The molecule has 1 aromatic carbocycles. The van der Waals surface area contributed by atoms with Crippen molar-refractivity contribution in [3.63, 3.8) is 0 Å². The van der Waals surface area contributed by atoms with Gasteiger partial charge in [0, 0.05) is 6.54 Å². The number of rotatable bonds is 1. The van der Waals surface area contributed by atoms with E-state index in [1.807, 2.05) is 12.1 Å². The Morgan fingerprint density at radius 2 is 2.33 bits per heavy atom. The maximum atomic E-state index is 5.28. The van der Waals surface area contributed by atoms with Gasteiger partial charge in [-0.15, -0.1) is 0 Å². The normalized spacial score (nSPS) is 14.7. The van der Waals surface area contributed by atoms with Crippen LogP contribution in [0.1, 0.15) is 5.56 Å². The van der Waals surface area contributed by atoms with E-state index in [9.17, 15) is 0 Å². The molecule has 0 aliphatic carbocycles. The molecule has 0 unspecified atom stereocenters. The fraction of sp³-hybridized carbons (Fsp3) is 0.333. The van der Waals surface area contributed by atoms with E-state index in [1.54, 1.807) is 7.11 Å². The molecule has 0 saturated heterocycles. The first-order valence-corrected chi connectivity index (χ1v) is 4.88. The zero-order valence-corrected chi connectivity index (χ0v) is 9.04. The molecule has 0 amide bonds. The summed E-state index contributed by atoms with van der Waals surface area (Å²) in [6, 6.07) is 6.22. The summed E-state index contributed by atoms with van der Waals surface area (Å²) in [7, 11) is 1.72. The van der Waals surface area contributed by atoms with Gasteiger partial charge in [0.2, 0.25) is 0 Å². The summed E-state index contributed by atoms with van der Waals surface area (Å²) in [6.07, 6.45) is 1.13. The van der Waals surface area contributed by atoms with Crippen molar-refractivity contribution < 1.29 is 4.74 Å². The summed E-state index contributed by atoms with van der Waals surface area (Å²) in [5.41, 5.74) is 2.64. The molecule has 1 aromatic rings.